The lowest BCUT2D eigenvalue weighted by Crippen LogP contribution is -2.08. The smallest absolute Gasteiger partial charge is 0.338 e. The quantitative estimate of drug-likeness (QED) is 0.489. The molecule has 0 spiro atoms. The van der Waals surface area contributed by atoms with Gasteiger partial charge in [-0.3, -0.25) is 10.1 Å². The number of hydrogen-bond acceptors (Lipinski definition) is 6. The summed E-state index contributed by atoms with van der Waals surface area (Å²) >= 11 is 0. The molecule has 0 unspecified atom stereocenters. The van der Waals surface area contributed by atoms with Crippen LogP contribution in [0, 0.1) is 10.1 Å². The highest BCUT2D eigenvalue weighted by Crippen LogP contribution is 2.28. The molecule has 0 saturated heterocycles. The second kappa shape index (κ2) is 6.69. The van der Waals surface area contributed by atoms with Gasteiger partial charge in [-0.1, -0.05) is 18.2 Å². The molecule has 23 heavy (non-hydrogen) atoms. The third kappa shape index (κ3) is 3.34. The highest BCUT2D eigenvalue weighted by Gasteiger charge is 2.18. The Kier molecular flexibility index (Phi) is 4.70. The summed E-state index contributed by atoms with van der Waals surface area (Å²) in [6.07, 6.45) is 0. The molecule has 0 fully saturated rings. The number of ether oxygens (including phenoxy) is 2. The fourth-order valence-corrected chi connectivity index (χ4v) is 2.11. The molecule has 2 aromatic rings. The minimum Gasteiger partial charge on any atom is -0.465 e. The zero-order chi connectivity index (χ0) is 17.0. The molecule has 0 heterocycles. The SMILES string of the molecule is COC(=O)c1ccc(-c2cccc([N+](=O)[O-])c2)c(C(=O)OC)c1. The lowest BCUT2D eigenvalue weighted by molar-refractivity contribution is -0.384. The van der Waals surface area contributed by atoms with Crippen molar-refractivity contribution in [3.63, 3.8) is 0 Å². The zero-order valence-electron chi connectivity index (χ0n) is 12.4. The Morgan fingerprint density at radius 2 is 1.70 bits per heavy atom. The van der Waals surface area contributed by atoms with E-state index in [2.05, 4.69) is 4.74 Å². The van der Waals surface area contributed by atoms with Crippen LogP contribution < -0.4 is 0 Å². The Labute approximate surface area is 131 Å². The van der Waals surface area contributed by atoms with Crippen molar-refractivity contribution in [3.8, 4) is 11.1 Å². The highest BCUT2D eigenvalue weighted by molar-refractivity contribution is 6.01. The van der Waals surface area contributed by atoms with Crippen LogP contribution in [0.5, 0.6) is 0 Å². The molecule has 0 aliphatic heterocycles. The van der Waals surface area contributed by atoms with Crippen LogP contribution in [0.2, 0.25) is 0 Å². The molecule has 2 aromatic carbocycles. The number of methoxy groups -OCH3 is 2. The minimum absolute atomic E-state index is 0.102. The number of carbonyl (C=O) groups excluding carboxylic acids is 2. The Bertz CT molecular complexity index is 784. The van der Waals surface area contributed by atoms with Gasteiger partial charge in [0.25, 0.3) is 5.69 Å². The molecule has 0 N–H and O–H groups in total. The van der Waals surface area contributed by atoms with E-state index in [4.69, 9.17) is 4.74 Å². The zero-order valence-corrected chi connectivity index (χ0v) is 12.4. The number of benzene rings is 2. The maximum absolute atomic E-state index is 12.0. The Morgan fingerprint density at radius 3 is 2.30 bits per heavy atom. The summed E-state index contributed by atoms with van der Waals surface area (Å²) in [5.74, 6) is -1.25. The molecule has 0 amide bonds. The molecule has 0 radical (unpaired) electrons. The van der Waals surface area contributed by atoms with E-state index >= 15 is 0 Å². The molecule has 118 valence electrons. The molecule has 0 saturated carbocycles. The van der Waals surface area contributed by atoms with Crippen LogP contribution >= 0.6 is 0 Å². The first-order chi connectivity index (χ1) is 11.0. The normalized spacial score (nSPS) is 10.0. The molecule has 0 atom stereocenters. The third-order valence-electron chi connectivity index (χ3n) is 3.21. The number of hydrogen-bond donors (Lipinski definition) is 0. The van der Waals surface area contributed by atoms with Gasteiger partial charge in [0, 0.05) is 12.1 Å². The van der Waals surface area contributed by atoms with Crippen molar-refractivity contribution in [2.24, 2.45) is 0 Å². The van der Waals surface area contributed by atoms with E-state index in [1.165, 1.54) is 50.6 Å². The first kappa shape index (κ1) is 16.2. The predicted molar refractivity (Wildman–Crippen MR) is 81.2 cm³/mol. The number of esters is 2. The topological polar surface area (TPSA) is 95.7 Å². The number of nitrogens with zero attached hydrogens (tertiary/aromatic N) is 1. The summed E-state index contributed by atoms with van der Waals surface area (Å²) < 4.78 is 9.34. The van der Waals surface area contributed by atoms with Gasteiger partial charge in [-0.2, -0.15) is 0 Å². The third-order valence-corrected chi connectivity index (χ3v) is 3.21. The summed E-state index contributed by atoms with van der Waals surface area (Å²) in [6, 6.07) is 10.2. The molecule has 7 nitrogen and oxygen atoms in total. The van der Waals surface area contributed by atoms with Gasteiger partial charge in [0.15, 0.2) is 0 Å². The largest absolute Gasteiger partial charge is 0.465 e. The van der Waals surface area contributed by atoms with Crippen molar-refractivity contribution in [1.29, 1.82) is 0 Å². The summed E-state index contributed by atoms with van der Waals surface area (Å²) in [4.78, 5) is 34.0. The van der Waals surface area contributed by atoms with Crippen molar-refractivity contribution in [1.82, 2.24) is 0 Å². The van der Waals surface area contributed by atoms with Crippen molar-refractivity contribution < 1.29 is 24.0 Å². The highest BCUT2D eigenvalue weighted by atomic mass is 16.6. The number of carbonyl (C=O) groups is 2. The molecule has 0 aromatic heterocycles. The van der Waals surface area contributed by atoms with Gasteiger partial charge in [0.05, 0.1) is 30.3 Å². The van der Waals surface area contributed by atoms with Crippen LogP contribution in [0.25, 0.3) is 11.1 Å². The number of nitro benzene ring substituents is 1. The number of rotatable bonds is 4. The average Bonchev–Trinajstić information content (AvgIpc) is 2.59. The van der Waals surface area contributed by atoms with Gasteiger partial charge >= 0.3 is 11.9 Å². The van der Waals surface area contributed by atoms with Crippen LogP contribution in [0.15, 0.2) is 42.5 Å². The fourth-order valence-electron chi connectivity index (χ4n) is 2.11. The van der Waals surface area contributed by atoms with E-state index in [0.29, 0.717) is 11.1 Å². The summed E-state index contributed by atoms with van der Waals surface area (Å²) in [5.41, 5.74) is 1.09. The Hall–Kier alpha value is -3.22. The maximum Gasteiger partial charge on any atom is 0.338 e. The van der Waals surface area contributed by atoms with Crippen LogP contribution in [-0.2, 0) is 9.47 Å². The molecule has 0 aliphatic carbocycles. The van der Waals surface area contributed by atoms with Crippen molar-refractivity contribution in [2.45, 2.75) is 0 Å². The Morgan fingerprint density at radius 1 is 1.00 bits per heavy atom. The molecule has 7 heteroatoms. The summed E-state index contributed by atoms with van der Waals surface area (Å²) in [7, 11) is 2.44. The van der Waals surface area contributed by atoms with Crippen molar-refractivity contribution >= 4 is 17.6 Å². The van der Waals surface area contributed by atoms with Crippen molar-refractivity contribution in [2.75, 3.05) is 14.2 Å². The molecular formula is C16H13NO6. The van der Waals surface area contributed by atoms with Gasteiger partial charge in [-0.05, 0) is 23.3 Å². The van der Waals surface area contributed by atoms with Gasteiger partial charge in [0.2, 0.25) is 0 Å². The first-order valence-electron chi connectivity index (χ1n) is 6.53. The Balaban J connectivity index is 2.61. The number of non-ortho nitro benzene ring substituents is 1. The lowest BCUT2D eigenvalue weighted by atomic mass is 9.97. The van der Waals surface area contributed by atoms with E-state index in [-0.39, 0.29) is 16.8 Å². The monoisotopic (exact) mass is 315 g/mol. The molecule has 0 aliphatic rings. The van der Waals surface area contributed by atoms with E-state index in [1.54, 1.807) is 6.07 Å². The van der Waals surface area contributed by atoms with Crippen LogP contribution in [0.1, 0.15) is 20.7 Å². The van der Waals surface area contributed by atoms with E-state index in [1.807, 2.05) is 0 Å². The minimum atomic E-state index is -0.655. The van der Waals surface area contributed by atoms with Gasteiger partial charge < -0.3 is 9.47 Å². The second-order valence-electron chi connectivity index (χ2n) is 4.55. The van der Waals surface area contributed by atoms with E-state index in [0.717, 1.165) is 0 Å². The van der Waals surface area contributed by atoms with E-state index in [9.17, 15) is 19.7 Å². The molecule has 0 bridgehead atoms. The summed E-state index contributed by atoms with van der Waals surface area (Å²) in [6.45, 7) is 0. The van der Waals surface area contributed by atoms with Gasteiger partial charge in [0.1, 0.15) is 0 Å². The maximum atomic E-state index is 12.0. The van der Waals surface area contributed by atoms with Crippen LogP contribution in [0.4, 0.5) is 5.69 Å². The van der Waals surface area contributed by atoms with Crippen molar-refractivity contribution in [3.05, 3.63) is 63.7 Å². The standard InChI is InChI=1S/C16H13NO6/c1-22-15(18)11-6-7-13(14(9-11)16(19)23-2)10-4-3-5-12(8-10)17(20)21/h3-9H,1-2H3. The predicted octanol–water partition coefficient (Wildman–Crippen LogP) is 2.84. The van der Waals surface area contributed by atoms with E-state index < -0.39 is 16.9 Å². The number of nitro groups is 1. The van der Waals surface area contributed by atoms with Gasteiger partial charge in [-0.25, -0.2) is 9.59 Å². The molecule has 2 rings (SSSR count). The average molecular weight is 315 g/mol. The fraction of sp³-hybridized carbons (Fsp3) is 0.125. The van der Waals surface area contributed by atoms with Crippen LogP contribution in [-0.4, -0.2) is 31.1 Å². The second-order valence-corrected chi connectivity index (χ2v) is 4.55. The first-order valence-corrected chi connectivity index (χ1v) is 6.53. The molecular weight excluding hydrogens is 302 g/mol. The lowest BCUT2D eigenvalue weighted by Gasteiger charge is -2.10. The van der Waals surface area contributed by atoms with Gasteiger partial charge in [-0.15, -0.1) is 0 Å². The summed E-state index contributed by atoms with van der Waals surface area (Å²) in [5, 5.41) is 10.9. The van der Waals surface area contributed by atoms with Crippen LogP contribution in [0.3, 0.4) is 0 Å².